The highest BCUT2D eigenvalue weighted by molar-refractivity contribution is 5.93. The first kappa shape index (κ1) is 25.8. The Kier molecular flexibility index (Phi) is 9.83. The Morgan fingerprint density at radius 2 is 1.70 bits per heavy atom. The van der Waals surface area contributed by atoms with Crippen LogP contribution in [0.3, 0.4) is 0 Å². The van der Waals surface area contributed by atoms with Gasteiger partial charge in [0, 0.05) is 29.9 Å². The van der Waals surface area contributed by atoms with E-state index in [4.69, 9.17) is 22.3 Å². The fraction of sp³-hybridized carbons (Fsp3) is 0.455. The van der Waals surface area contributed by atoms with Gasteiger partial charge in [-0.2, -0.15) is 0 Å². The van der Waals surface area contributed by atoms with Gasteiger partial charge in [-0.3, -0.25) is 19.2 Å². The highest BCUT2D eigenvalue weighted by Gasteiger charge is 2.28. The first-order valence-electron chi connectivity index (χ1n) is 10.9. The van der Waals surface area contributed by atoms with Crippen molar-refractivity contribution in [3.8, 4) is 0 Å². The van der Waals surface area contributed by atoms with E-state index in [0.29, 0.717) is 25.8 Å². The van der Waals surface area contributed by atoms with Gasteiger partial charge in [0.05, 0.1) is 6.04 Å². The molecule has 0 fully saturated rings. The number of nitrogens with two attached hydrogens (primary N) is 3. The van der Waals surface area contributed by atoms with Crippen LogP contribution in [0.5, 0.6) is 0 Å². The predicted octanol–water partition coefficient (Wildman–Crippen LogP) is -0.514. The number of hydrogen-bond donors (Lipinski definition) is 7. The molecule has 3 atom stereocenters. The Morgan fingerprint density at radius 3 is 2.36 bits per heavy atom. The third-order valence-electron chi connectivity index (χ3n) is 5.34. The van der Waals surface area contributed by atoms with Crippen molar-refractivity contribution < 1.29 is 24.3 Å². The number of H-pyrrole nitrogens is 1. The van der Waals surface area contributed by atoms with Crippen LogP contribution in [0.2, 0.25) is 0 Å². The predicted molar refractivity (Wildman–Crippen MR) is 123 cm³/mol. The number of nitrogens with one attached hydrogen (secondary N) is 3. The standard InChI is InChI=1S/C22H32N6O5/c23-10-4-3-6-15(24)21(32)27-17(8-9-19(29)30)22(33)28-18(20(25)31)11-13-12-26-16-7-2-1-5-14(13)16/h1-2,5,7,12,15,17-18,26H,3-4,6,8-11,23-24H2,(H2,25,31)(H,27,32)(H,28,33)(H,29,30)/t15-,17-,18-/m0/s1. The first-order valence-corrected chi connectivity index (χ1v) is 10.9. The van der Waals surface area contributed by atoms with Crippen LogP contribution in [0, 0.1) is 0 Å². The molecule has 33 heavy (non-hydrogen) atoms. The summed E-state index contributed by atoms with van der Waals surface area (Å²) in [7, 11) is 0. The number of hydrogen-bond acceptors (Lipinski definition) is 6. The summed E-state index contributed by atoms with van der Waals surface area (Å²) in [6.07, 6.45) is 3.07. The van der Waals surface area contributed by atoms with Crippen molar-refractivity contribution >= 4 is 34.6 Å². The molecule has 10 N–H and O–H groups in total. The molecule has 1 heterocycles. The Bertz CT molecular complexity index is 975. The van der Waals surface area contributed by atoms with Gasteiger partial charge in [-0.1, -0.05) is 24.6 Å². The zero-order valence-corrected chi connectivity index (χ0v) is 18.4. The topological polar surface area (TPSA) is 206 Å². The molecule has 2 rings (SSSR count). The third kappa shape index (κ3) is 7.88. The van der Waals surface area contributed by atoms with Crippen molar-refractivity contribution in [1.82, 2.24) is 15.6 Å². The van der Waals surface area contributed by atoms with E-state index in [-0.39, 0.29) is 19.3 Å². The number of carboxylic acid groups (broad SMARTS) is 1. The number of unbranched alkanes of at least 4 members (excludes halogenated alkanes) is 1. The summed E-state index contributed by atoms with van der Waals surface area (Å²) in [6, 6.07) is 4.37. The number of carbonyl (C=O) groups is 4. The van der Waals surface area contributed by atoms with Crippen molar-refractivity contribution in [2.24, 2.45) is 17.2 Å². The second-order valence-corrected chi connectivity index (χ2v) is 7.91. The van der Waals surface area contributed by atoms with E-state index in [1.54, 1.807) is 6.20 Å². The SMILES string of the molecule is NCCCC[C@H](N)C(=O)N[C@@H](CCC(=O)O)C(=O)N[C@@H](Cc1c[nH]c2ccccc12)C(N)=O. The molecule has 0 saturated heterocycles. The lowest BCUT2D eigenvalue weighted by molar-refractivity contribution is -0.138. The average Bonchev–Trinajstić information content (AvgIpc) is 3.18. The normalized spacial score (nSPS) is 13.8. The highest BCUT2D eigenvalue weighted by atomic mass is 16.4. The number of primary amides is 1. The number of aliphatic carboxylic acids is 1. The number of aromatic amines is 1. The molecule has 180 valence electrons. The molecular weight excluding hydrogens is 428 g/mol. The Morgan fingerprint density at radius 1 is 1.00 bits per heavy atom. The van der Waals surface area contributed by atoms with E-state index in [1.807, 2.05) is 24.3 Å². The van der Waals surface area contributed by atoms with Gasteiger partial charge < -0.3 is 37.9 Å². The fourth-order valence-corrected chi connectivity index (χ4v) is 3.47. The van der Waals surface area contributed by atoms with Crippen LogP contribution in [-0.4, -0.2) is 58.5 Å². The molecule has 0 spiro atoms. The number of aromatic nitrogens is 1. The van der Waals surface area contributed by atoms with Crippen LogP contribution in [0.4, 0.5) is 0 Å². The van der Waals surface area contributed by atoms with Crippen LogP contribution in [0.1, 0.15) is 37.7 Å². The number of fused-ring (bicyclic) bond motifs is 1. The number of amides is 3. The summed E-state index contributed by atoms with van der Waals surface area (Å²) in [6.45, 7) is 0.475. The lowest BCUT2D eigenvalue weighted by Crippen LogP contribution is -2.55. The lowest BCUT2D eigenvalue weighted by Gasteiger charge is -2.23. The van der Waals surface area contributed by atoms with E-state index in [2.05, 4.69) is 15.6 Å². The maximum Gasteiger partial charge on any atom is 0.303 e. The zero-order chi connectivity index (χ0) is 24.4. The zero-order valence-electron chi connectivity index (χ0n) is 18.4. The van der Waals surface area contributed by atoms with Gasteiger partial charge in [0.15, 0.2) is 0 Å². The first-order chi connectivity index (χ1) is 15.7. The Hall–Kier alpha value is -3.44. The van der Waals surface area contributed by atoms with Crippen molar-refractivity contribution in [3.63, 3.8) is 0 Å². The third-order valence-corrected chi connectivity index (χ3v) is 5.34. The van der Waals surface area contributed by atoms with Crippen LogP contribution < -0.4 is 27.8 Å². The molecule has 0 aliphatic carbocycles. The monoisotopic (exact) mass is 460 g/mol. The lowest BCUT2D eigenvalue weighted by atomic mass is 10.0. The molecule has 11 heteroatoms. The van der Waals surface area contributed by atoms with Crippen molar-refractivity contribution in [2.45, 2.75) is 56.7 Å². The molecule has 0 saturated carbocycles. The summed E-state index contributed by atoms with van der Waals surface area (Å²) in [4.78, 5) is 51.5. The number of carbonyl (C=O) groups excluding carboxylic acids is 3. The molecule has 0 aliphatic heterocycles. The fourth-order valence-electron chi connectivity index (χ4n) is 3.47. The van der Waals surface area contributed by atoms with Crippen molar-refractivity contribution in [1.29, 1.82) is 0 Å². The van der Waals surface area contributed by atoms with E-state index < -0.39 is 41.8 Å². The van der Waals surface area contributed by atoms with Gasteiger partial charge in [-0.25, -0.2) is 0 Å². The summed E-state index contributed by atoms with van der Waals surface area (Å²) in [5, 5.41) is 15.0. The van der Waals surface area contributed by atoms with Gasteiger partial charge in [0.2, 0.25) is 17.7 Å². The van der Waals surface area contributed by atoms with Crippen LogP contribution in [-0.2, 0) is 25.6 Å². The Labute approximate surface area is 191 Å². The van der Waals surface area contributed by atoms with Gasteiger partial charge in [-0.15, -0.1) is 0 Å². The molecule has 1 aromatic heterocycles. The van der Waals surface area contributed by atoms with E-state index in [9.17, 15) is 19.2 Å². The quantitative estimate of drug-likeness (QED) is 0.183. The minimum Gasteiger partial charge on any atom is -0.481 e. The van der Waals surface area contributed by atoms with Gasteiger partial charge >= 0.3 is 5.97 Å². The minimum absolute atomic E-state index is 0.128. The molecule has 0 bridgehead atoms. The molecule has 0 aliphatic rings. The van der Waals surface area contributed by atoms with Crippen LogP contribution >= 0.6 is 0 Å². The minimum atomic E-state index is -1.18. The molecule has 1 aromatic carbocycles. The average molecular weight is 461 g/mol. The smallest absolute Gasteiger partial charge is 0.303 e. The van der Waals surface area contributed by atoms with Gasteiger partial charge in [0.1, 0.15) is 12.1 Å². The van der Waals surface area contributed by atoms with Crippen molar-refractivity contribution in [3.05, 3.63) is 36.0 Å². The largest absolute Gasteiger partial charge is 0.481 e. The summed E-state index contributed by atoms with van der Waals surface area (Å²) in [5.74, 6) is -3.16. The molecular formula is C22H32N6O5. The summed E-state index contributed by atoms with van der Waals surface area (Å²) < 4.78 is 0. The number of rotatable bonds is 14. The van der Waals surface area contributed by atoms with E-state index >= 15 is 0 Å². The molecule has 11 nitrogen and oxygen atoms in total. The Balaban J connectivity index is 2.09. The van der Waals surface area contributed by atoms with Crippen molar-refractivity contribution in [2.75, 3.05) is 6.54 Å². The number of carboxylic acids is 1. The molecule has 0 unspecified atom stereocenters. The van der Waals surface area contributed by atoms with E-state index in [0.717, 1.165) is 16.5 Å². The highest BCUT2D eigenvalue weighted by Crippen LogP contribution is 2.19. The van der Waals surface area contributed by atoms with Crippen LogP contribution in [0.25, 0.3) is 10.9 Å². The number of benzene rings is 1. The maximum absolute atomic E-state index is 12.9. The van der Waals surface area contributed by atoms with E-state index in [1.165, 1.54) is 0 Å². The molecule has 3 amide bonds. The second-order valence-electron chi connectivity index (χ2n) is 7.91. The molecule has 0 radical (unpaired) electrons. The van der Waals surface area contributed by atoms with Gasteiger partial charge in [-0.05, 0) is 37.4 Å². The van der Waals surface area contributed by atoms with Crippen LogP contribution in [0.15, 0.2) is 30.5 Å². The number of para-hydroxylation sites is 1. The molecule has 2 aromatic rings. The summed E-state index contributed by atoms with van der Waals surface area (Å²) in [5.41, 5.74) is 18.5. The summed E-state index contributed by atoms with van der Waals surface area (Å²) >= 11 is 0. The maximum atomic E-state index is 12.9. The second kappa shape index (κ2) is 12.6. The van der Waals surface area contributed by atoms with Gasteiger partial charge in [0.25, 0.3) is 0 Å².